The van der Waals surface area contributed by atoms with Crippen molar-refractivity contribution >= 4 is 27.4 Å². The summed E-state index contributed by atoms with van der Waals surface area (Å²) in [5.41, 5.74) is 6.25. The molecular weight excluding hydrogens is 248 g/mol. The first kappa shape index (κ1) is 10.9. The van der Waals surface area contributed by atoms with E-state index < -0.39 is 0 Å². The highest BCUT2D eigenvalue weighted by atomic mass is 32.1. The van der Waals surface area contributed by atoms with Crippen molar-refractivity contribution in [2.75, 3.05) is 12.8 Å². The molecule has 1 aromatic carbocycles. The summed E-state index contributed by atoms with van der Waals surface area (Å²) in [5, 5.41) is 2.43. The van der Waals surface area contributed by atoms with Crippen LogP contribution in [-0.4, -0.2) is 21.5 Å². The van der Waals surface area contributed by atoms with Crippen LogP contribution >= 0.6 is 11.5 Å². The van der Waals surface area contributed by atoms with Crippen LogP contribution in [0.25, 0.3) is 22.3 Å². The number of rotatable bonds is 2. The Hall–Kier alpha value is -2.21. The zero-order chi connectivity index (χ0) is 12.5. The zero-order valence-corrected chi connectivity index (χ0v) is 10.4. The summed E-state index contributed by atoms with van der Waals surface area (Å²) in [6.45, 7) is 0. The van der Waals surface area contributed by atoms with E-state index in [0.29, 0.717) is 22.5 Å². The van der Waals surface area contributed by atoms with Crippen LogP contribution in [0.5, 0.6) is 5.88 Å². The third kappa shape index (κ3) is 1.76. The normalized spacial score (nSPS) is 10.7. The number of nitrogens with two attached hydrogens (primary N) is 1. The van der Waals surface area contributed by atoms with Crippen LogP contribution in [0.1, 0.15) is 0 Å². The first-order valence-electron chi connectivity index (χ1n) is 5.31. The smallest absolute Gasteiger partial charge is 0.221 e. The second-order valence-corrected chi connectivity index (χ2v) is 4.48. The van der Waals surface area contributed by atoms with Crippen LogP contribution in [-0.2, 0) is 0 Å². The maximum Gasteiger partial charge on any atom is 0.221 e. The lowest BCUT2D eigenvalue weighted by Crippen LogP contribution is -1.93. The molecule has 0 saturated carbocycles. The number of nitrogens with zero attached hydrogens (tertiary/aromatic N) is 3. The van der Waals surface area contributed by atoms with Crippen LogP contribution < -0.4 is 10.5 Å². The van der Waals surface area contributed by atoms with Crippen molar-refractivity contribution in [2.24, 2.45) is 0 Å². The van der Waals surface area contributed by atoms with Gasteiger partial charge in [-0.1, -0.05) is 18.2 Å². The van der Waals surface area contributed by atoms with E-state index in [-0.39, 0.29) is 0 Å². The monoisotopic (exact) mass is 258 g/mol. The minimum absolute atomic E-state index is 0.430. The Labute approximate surface area is 107 Å². The molecule has 0 spiro atoms. The van der Waals surface area contributed by atoms with Crippen LogP contribution in [0.15, 0.2) is 30.3 Å². The molecule has 6 heteroatoms. The number of hydrogen-bond donors (Lipinski definition) is 1. The van der Waals surface area contributed by atoms with E-state index in [0.717, 1.165) is 22.3 Å². The second-order valence-electron chi connectivity index (χ2n) is 3.69. The Bertz CT molecular complexity index is 710. The van der Waals surface area contributed by atoms with Gasteiger partial charge in [0.2, 0.25) is 5.88 Å². The van der Waals surface area contributed by atoms with Crippen molar-refractivity contribution in [2.45, 2.75) is 0 Å². The first-order chi connectivity index (χ1) is 8.78. The van der Waals surface area contributed by atoms with Gasteiger partial charge in [0, 0.05) is 16.9 Å². The molecule has 0 radical (unpaired) electrons. The van der Waals surface area contributed by atoms with Gasteiger partial charge in [-0.2, -0.15) is 9.36 Å². The molecule has 0 aliphatic carbocycles. The van der Waals surface area contributed by atoms with Crippen molar-refractivity contribution in [3.8, 4) is 17.4 Å². The van der Waals surface area contributed by atoms with E-state index in [1.165, 1.54) is 0 Å². The van der Waals surface area contributed by atoms with Crippen LogP contribution in [0.4, 0.5) is 5.13 Å². The van der Waals surface area contributed by atoms with Gasteiger partial charge in [-0.05, 0) is 17.5 Å². The maximum absolute atomic E-state index is 5.59. The van der Waals surface area contributed by atoms with Crippen molar-refractivity contribution in [3.05, 3.63) is 30.3 Å². The molecule has 18 heavy (non-hydrogen) atoms. The highest BCUT2D eigenvalue weighted by Gasteiger charge is 2.11. The van der Waals surface area contributed by atoms with Gasteiger partial charge >= 0.3 is 0 Å². The summed E-state index contributed by atoms with van der Waals surface area (Å²) in [6, 6.07) is 9.81. The minimum Gasteiger partial charge on any atom is -0.481 e. The van der Waals surface area contributed by atoms with E-state index in [1.54, 1.807) is 7.11 Å². The number of aromatic nitrogens is 3. The average molecular weight is 258 g/mol. The van der Waals surface area contributed by atoms with Crippen LogP contribution in [0.3, 0.4) is 0 Å². The largest absolute Gasteiger partial charge is 0.481 e. The van der Waals surface area contributed by atoms with Gasteiger partial charge < -0.3 is 10.5 Å². The summed E-state index contributed by atoms with van der Waals surface area (Å²) in [6.07, 6.45) is 0. The average Bonchev–Trinajstić information content (AvgIpc) is 2.84. The second kappa shape index (κ2) is 4.23. The highest BCUT2D eigenvalue weighted by molar-refractivity contribution is 7.09. The molecule has 5 nitrogen and oxygen atoms in total. The fourth-order valence-corrected chi connectivity index (χ4v) is 2.22. The lowest BCUT2D eigenvalue weighted by Gasteiger charge is -2.06. The molecule has 90 valence electrons. The third-order valence-electron chi connectivity index (χ3n) is 2.57. The molecule has 3 rings (SSSR count). The molecule has 0 fully saturated rings. The standard InChI is InChI=1S/C12H10N4OS/c1-17-11-8-5-3-2-4-7(8)6-9(14-11)10-15-12(13)18-16-10/h2-6H,1H3,(H2,13,15,16). The van der Waals surface area contributed by atoms with Crippen molar-refractivity contribution in [1.29, 1.82) is 0 Å². The molecule has 0 amide bonds. The Morgan fingerprint density at radius 2 is 2.06 bits per heavy atom. The summed E-state index contributed by atoms with van der Waals surface area (Å²) < 4.78 is 9.46. The molecule has 2 N–H and O–H groups in total. The maximum atomic E-state index is 5.59. The molecule has 2 aromatic heterocycles. The van der Waals surface area contributed by atoms with Crippen molar-refractivity contribution in [1.82, 2.24) is 14.3 Å². The minimum atomic E-state index is 0.430. The van der Waals surface area contributed by atoms with Gasteiger partial charge in [0.05, 0.1) is 7.11 Å². The Balaban J connectivity index is 2.25. The van der Waals surface area contributed by atoms with Gasteiger partial charge in [0.25, 0.3) is 0 Å². The molecule has 0 atom stereocenters. The van der Waals surface area contributed by atoms with E-state index in [2.05, 4.69) is 14.3 Å². The Morgan fingerprint density at radius 3 is 2.78 bits per heavy atom. The molecule has 0 aliphatic rings. The molecule has 0 aliphatic heterocycles. The summed E-state index contributed by atoms with van der Waals surface area (Å²) in [7, 11) is 1.60. The predicted molar refractivity (Wildman–Crippen MR) is 71.6 cm³/mol. The van der Waals surface area contributed by atoms with Gasteiger partial charge in [0.15, 0.2) is 11.0 Å². The number of methoxy groups -OCH3 is 1. The lowest BCUT2D eigenvalue weighted by molar-refractivity contribution is 0.404. The quantitative estimate of drug-likeness (QED) is 0.763. The van der Waals surface area contributed by atoms with E-state index in [4.69, 9.17) is 10.5 Å². The predicted octanol–water partition coefficient (Wildman–Crippen LogP) is 2.34. The van der Waals surface area contributed by atoms with Gasteiger partial charge in [0.1, 0.15) is 5.69 Å². The van der Waals surface area contributed by atoms with Gasteiger partial charge in [-0.15, -0.1) is 0 Å². The number of nitrogen functional groups attached to an aromatic ring is 1. The molecule has 3 aromatic rings. The van der Waals surface area contributed by atoms with E-state index >= 15 is 0 Å². The zero-order valence-electron chi connectivity index (χ0n) is 9.62. The van der Waals surface area contributed by atoms with Crippen LogP contribution in [0.2, 0.25) is 0 Å². The molecule has 0 bridgehead atoms. The Morgan fingerprint density at radius 1 is 1.22 bits per heavy atom. The van der Waals surface area contributed by atoms with Crippen molar-refractivity contribution < 1.29 is 4.74 Å². The Kier molecular flexibility index (Phi) is 2.56. The number of anilines is 1. The summed E-state index contributed by atoms with van der Waals surface area (Å²) >= 11 is 1.15. The molecule has 0 saturated heterocycles. The number of fused-ring (bicyclic) bond motifs is 1. The van der Waals surface area contributed by atoms with E-state index in [9.17, 15) is 0 Å². The van der Waals surface area contributed by atoms with Crippen molar-refractivity contribution in [3.63, 3.8) is 0 Å². The van der Waals surface area contributed by atoms with Gasteiger partial charge in [-0.25, -0.2) is 4.98 Å². The third-order valence-corrected chi connectivity index (χ3v) is 3.11. The summed E-state index contributed by atoms with van der Waals surface area (Å²) in [5.74, 6) is 1.10. The first-order valence-corrected chi connectivity index (χ1v) is 6.08. The topological polar surface area (TPSA) is 73.9 Å². The fraction of sp³-hybridized carbons (Fsp3) is 0.0833. The number of pyridine rings is 1. The lowest BCUT2D eigenvalue weighted by atomic mass is 10.1. The van der Waals surface area contributed by atoms with Crippen LogP contribution in [0, 0.1) is 0 Å². The highest BCUT2D eigenvalue weighted by Crippen LogP contribution is 2.28. The summed E-state index contributed by atoms with van der Waals surface area (Å²) in [4.78, 5) is 8.54. The molecule has 0 unspecified atom stereocenters. The molecule has 2 heterocycles. The van der Waals surface area contributed by atoms with Gasteiger partial charge in [-0.3, -0.25) is 0 Å². The SMILES string of the molecule is COc1nc(-c2nsc(N)n2)cc2ccccc12. The number of ether oxygens (including phenoxy) is 1. The molecular formula is C12H10N4OS. The number of hydrogen-bond acceptors (Lipinski definition) is 6. The number of benzene rings is 1. The fourth-order valence-electron chi connectivity index (χ4n) is 1.78. The van der Waals surface area contributed by atoms with E-state index in [1.807, 2.05) is 30.3 Å².